The lowest BCUT2D eigenvalue weighted by Gasteiger charge is -2.32. The Morgan fingerprint density at radius 1 is 1.28 bits per heavy atom. The smallest absolute Gasteiger partial charge is 0.363 e. The van der Waals surface area contributed by atoms with Gasteiger partial charge in [-0.05, 0) is 29.6 Å². The van der Waals surface area contributed by atoms with E-state index in [0.717, 1.165) is 9.56 Å². The normalized spacial score (nSPS) is 18.8. The molecule has 0 spiro atoms. The molecule has 1 aliphatic heterocycles. The lowest BCUT2D eigenvalue weighted by molar-refractivity contribution is -0.173. The molecule has 0 bridgehead atoms. The van der Waals surface area contributed by atoms with Crippen LogP contribution in [0.2, 0.25) is 10.0 Å². The summed E-state index contributed by atoms with van der Waals surface area (Å²) in [6.45, 7) is 0. The Morgan fingerprint density at radius 2 is 2.07 bits per heavy atom. The number of aromatic nitrogens is 2. The molecular formula is C18H13Cl2F3N4OS. The molecule has 2 atom stereocenters. The van der Waals surface area contributed by atoms with Crippen LogP contribution in [0.25, 0.3) is 0 Å². The van der Waals surface area contributed by atoms with E-state index < -0.39 is 24.2 Å². The molecule has 2 N–H and O–H groups in total. The fourth-order valence-electron chi connectivity index (χ4n) is 3.14. The molecule has 0 fully saturated rings. The Morgan fingerprint density at radius 3 is 2.72 bits per heavy atom. The largest absolute Gasteiger partial charge is 0.410 e. The zero-order valence-corrected chi connectivity index (χ0v) is 16.8. The summed E-state index contributed by atoms with van der Waals surface area (Å²) in [5.74, 6) is -0.546. The van der Waals surface area contributed by atoms with E-state index in [1.165, 1.54) is 35.6 Å². The van der Waals surface area contributed by atoms with Crippen LogP contribution in [-0.4, -0.2) is 21.9 Å². The Labute approximate surface area is 177 Å². The fourth-order valence-corrected chi connectivity index (χ4v) is 4.38. The van der Waals surface area contributed by atoms with Gasteiger partial charge in [0.2, 0.25) is 0 Å². The van der Waals surface area contributed by atoms with Crippen molar-refractivity contribution >= 4 is 52.0 Å². The Bertz CT molecular complexity index is 1050. The van der Waals surface area contributed by atoms with E-state index >= 15 is 0 Å². The van der Waals surface area contributed by atoms with Gasteiger partial charge in [0.25, 0.3) is 5.91 Å². The van der Waals surface area contributed by atoms with Crippen LogP contribution in [0.15, 0.2) is 41.8 Å². The second-order valence-electron chi connectivity index (χ2n) is 6.44. The predicted octanol–water partition coefficient (Wildman–Crippen LogP) is 6.16. The van der Waals surface area contributed by atoms with Gasteiger partial charge in [-0.25, -0.2) is 4.68 Å². The van der Waals surface area contributed by atoms with Crippen molar-refractivity contribution in [1.29, 1.82) is 0 Å². The van der Waals surface area contributed by atoms with Crippen molar-refractivity contribution in [1.82, 2.24) is 9.78 Å². The molecule has 4 rings (SSSR count). The molecule has 0 aliphatic carbocycles. The second-order valence-corrected chi connectivity index (χ2v) is 8.27. The highest BCUT2D eigenvalue weighted by Gasteiger charge is 2.47. The lowest BCUT2D eigenvalue weighted by Crippen LogP contribution is -2.35. The zero-order chi connectivity index (χ0) is 20.8. The topological polar surface area (TPSA) is 59.0 Å². The minimum absolute atomic E-state index is 0.129. The average Bonchev–Trinajstić information content (AvgIpc) is 3.31. The van der Waals surface area contributed by atoms with Crippen molar-refractivity contribution < 1.29 is 18.0 Å². The maximum absolute atomic E-state index is 13.7. The monoisotopic (exact) mass is 460 g/mol. The van der Waals surface area contributed by atoms with E-state index in [-0.39, 0.29) is 28.6 Å². The van der Waals surface area contributed by atoms with E-state index in [2.05, 4.69) is 15.7 Å². The highest BCUT2D eigenvalue weighted by Crippen LogP contribution is 2.44. The molecule has 0 radical (unpaired) electrons. The Balaban J connectivity index is 1.64. The number of hydrogen-bond acceptors (Lipinski definition) is 4. The second kappa shape index (κ2) is 7.55. The first-order chi connectivity index (χ1) is 13.7. The number of hydrogen-bond donors (Lipinski definition) is 2. The van der Waals surface area contributed by atoms with Crippen LogP contribution < -0.4 is 10.6 Å². The molecular weight excluding hydrogens is 448 g/mol. The number of halogens is 5. The van der Waals surface area contributed by atoms with Crippen molar-refractivity contribution in [3.63, 3.8) is 0 Å². The highest BCUT2D eigenvalue weighted by atomic mass is 35.5. The van der Waals surface area contributed by atoms with Crippen LogP contribution in [-0.2, 0) is 0 Å². The molecule has 1 aliphatic rings. The number of nitrogens with one attached hydrogen (secondary N) is 2. The third-order valence-electron chi connectivity index (χ3n) is 4.49. The SMILES string of the molecule is O=C(Nc1ccc(Cl)cc1Cl)c1cc2n(n1)C(C(F)(F)F)CC(c1cccs1)N2. The number of rotatable bonds is 3. The summed E-state index contributed by atoms with van der Waals surface area (Å²) >= 11 is 13.2. The summed E-state index contributed by atoms with van der Waals surface area (Å²) in [5, 5.41) is 11.9. The molecule has 1 amide bonds. The molecule has 0 saturated carbocycles. The van der Waals surface area contributed by atoms with Gasteiger partial charge in [0.15, 0.2) is 11.7 Å². The Kier molecular flexibility index (Phi) is 5.22. The number of amides is 1. The molecule has 0 saturated heterocycles. The van der Waals surface area contributed by atoms with E-state index in [4.69, 9.17) is 23.2 Å². The fraction of sp³-hybridized carbons (Fsp3) is 0.222. The summed E-state index contributed by atoms with van der Waals surface area (Å²) in [6.07, 6.45) is -4.73. The highest BCUT2D eigenvalue weighted by molar-refractivity contribution is 7.10. The quantitative estimate of drug-likeness (QED) is 0.491. The van der Waals surface area contributed by atoms with Gasteiger partial charge < -0.3 is 10.6 Å². The molecule has 5 nitrogen and oxygen atoms in total. The van der Waals surface area contributed by atoms with Crippen LogP contribution >= 0.6 is 34.5 Å². The van der Waals surface area contributed by atoms with Gasteiger partial charge in [-0.1, -0.05) is 29.3 Å². The first-order valence-corrected chi connectivity index (χ1v) is 10.1. The maximum atomic E-state index is 13.7. The van der Waals surface area contributed by atoms with Crippen molar-refractivity contribution in [2.75, 3.05) is 10.6 Å². The number of thiophene rings is 1. The number of carbonyl (C=O) groups is 1. The summed E-state index contributed by atoms with van der Waals surface area (Å²) in [6, 6.07) is 6.99. The van der Waals surface area contributed by atoms with Crippen LogP contribution in [0.4, 0.5) is 24.7 Å². The molecule has 29 heavy (non-hydrogen) atoms. The molecule has 2 aromatic heterocycles. The van der Waals surface area contributed by atoms with Crippen molar-refractivity contribution in [2.45, 2.75) is 24.7 Å². The van der Waals surface area contributed by atoms with Crippen molar-refractivity contribution in [2.24, 2.45) is 0 Å². The van der Waals surface area contributed by atoms with Gasteiger partial charge in [0.05, 0.1) is 16.8 Å². The first kappa shape index (κ1) is 20.1. The van der Waals surface area contributed by atoms with E-state index in [1.807, 2.05) is 0 Å². The van der Waals surface area contributed by atoms with Crippen molar-refractivity contribution in [3.8, 4) is 0 Å². The number of benzene rings is 1. The van der Waals surface area contributed by atoms with Gasteiger partial charge >= 0.3 is 6.18 Å². The minimum Gasteiger partial charge on any atom is -0.363 e. The number of fused-ring (bicyclic) bond motifs is 1. The van der Waals surface area contributed by atoms with Crippen molar-refractivity contribution in [3.05, 3.63) is 62.4 Å². The summed E-state index contributed by atoms with van der Waals surface area (Å²) in [5.41, 5.74) is 0.128. The number of carbonyl (C=O) groups excluding carboxylic acids is 1. The summed E-state index contributed by atoms with van der Waals surface area (Å²) in [4.78, 5) is 13.3. The van der Waals surface area contributed by atoms with Gasteiger partial charge in [-0.15, -0.1) is 11.3 Å². The van der Waals surface area contributed by atoms with Crippen LogP contribution in [0.1, 0.15) is 33.9 Å². The van der Waals surface area contributed by atoms with Gasteiger partial charge in [0.1, 0.15) is 5.82 Å². The van der Waals surface area contributed by atoms with E-state index in [9.17, 15) is 18.0 Å². The maximum Gasteiger partial charge on any atom is 0.410 e. The zero-order valence-electron chi connectivity index (χ0n) is 14.5. The summed E-state index contributed by atoms with van der Waals surface area (Å²) in [7, 11) is 0. The molecule has 3 aromatic rings. The van der Waals surface area contributed by atoms with Gasteiger partial charge in [-0.3, -0.25) is 4.79 Å². The standard InChI is InChI=1S/C18H13Cl2F3N4OS/c19-9-3-4-11(10(20)6-9)25-17(28)13-8-16-24-12(14-2-1-5-29-14)7-15(18(21,22)23)27(16)26-13/h1-6,8,12,15,24H,7H2,(H,25,28). The number of alkyl halides is 3. The molecule has 3 heterocycles. The molecule has 1 aromatic carbocycles. The summed E-state index contributed by atoms with van der Waals surface area (Å²) < 4.78 is 41.8. The molecule has 152 valence electrons. The first-order valence-electron chi connectivity index (χ1n) is 8.45. The van der Waals surface area contributed by atoms with Crippen LogP contribution in [0, 0.1) is 0 Å². The third-order valence-corrected chi connectivity index (χ3v) is 6.02. The van der Waals surface area contributed by atoms with Gasteiger partial charge in [-0.2, -0.15) is 18.3 Å². The third kappa shape index (κ3) is 4.08. The minimum atomic E-state index is -4.51. The average molecular weight is 461 g/mol. The predicted molar refractivity (Wildman–Crippen MR) is 107 cm³/mol. The van der Waals surface area contributed by atoms with Crippen LogP contribution in [0.3, 0.4) is 0 Å². The number of nitrogens with zero attached hydrogens (tertiary/aromatic N) is 2. The van der Waals surface area contributed by atoms with E-state index in [0.29, 0.717) is 5.02 Å². The lowest BCUT2D eigenvalue weighted by atomic mass is 10.0. The van der Waals surface area contributed by atoms with E-state index in [1.54, 1.807) is 17.5 Å². The number of anilines is 2. The molecule has 2 unspecified atom stereocenters. The van der Waals surface area contributed by atoms with Gasteiger partial charge in [0, 0.05) is 22.4 Å². The Hall–Kier alpha value is -2.23. The van der Waals surface area contributed by atoms with Crippen LogP contribution in [0.5, 0.6) is 0 Å². The molecule has 11 heteroatoms.